The third-order valence-corrected chi connectivity index (χ3v) is 5.19. The number of ether oxygens (including phenoxy) is 1. The highest BCUT2D eigenvalue weighted by Crippen LogP contribution is 2.41. The summed E-state index contributed by atoms with van der Waals surface area (Å²) >= 11 is 0. The summed E-state index contributed by atoms with van der Waals surface area (Å²) in [6.07, 6.45) is 0.815. The molecule has 1 saturated heterocycles. The summed E-state index contributed by atoms with van der Waals surface area (Å²) in [4.78, 5) is 13.8. The Bertz CT molecular complexity index is 860. The number of carbonyl (C=O) groups is 1. The fourth-order valence-electron chi connectivity index (χ4n) is 3.71. The zero-order chi connectivity index (χ0) is 20.1. The Balaban J connectivity index is 1.80. The predicted molar refractivity (Wildman–Crippen MR) is 107 cm³/mol. The minimum atomic E-state index is -0.586. The Morgan fingerprint density at radius 3 is 2.61 bits per heavy atom. The highest BCUT2D eigenvalue weighted by molar-refractivity contribution is 5.77. The Labute approximate surface area is 165 Å². The van der Waals surface area contributed by atoms with E-state index in [1.807, 2.05) is 55.5 Å². The average Bonchev–Trinajstić information content (AvgIpc) is 2.72. The molecule has 0 bridgehead atoms. The summed E-state index contributed by atoms with van der Waals surface area (Å²) in [5.74, 6) is 0.584. The van der Waals surface area contributed by atoms with Crippen molar-refractivity contribution in [1.29, 1.82) is 5.26 Å². The lowest BCUT2D eigenvalue weighted by Crippen LogP contribution is -2.67. The van der Waals surface area contributed by atoms with Crippen molar-refractivity contribution in [1.82, 2.24) is 10.2 Å². The minimum Gasteiger partial charge on any atom is -0.497 e. The van der Waals surface area contributed by atoms with Crippen LogP contribution in [-0.2, 0) is 0 Å². The monoisotopic (exact) mass is 379 g/mol. The number of aliphatic hydroxyl groups is 1. The topological polar surface area (TPSA) is 85.6 Å². The summed E-state index contributed by atoms with van der Waals surface area (Å²) < 4.78 is 5.28. The van der Waals surface area contributed by atoms with Crippen LogP contribution in [0.4, 0.5) is 4.79 Å². The van der Waals surface area contributed by atoms with Gasteiger partial charge >= 0.3 is 6.03 Å². The van der Waals surface area contributed by atoms with Crippen LogP contribution >= 0.6 is 0 Å². The molecule has 2 aromatic rings. The van der Waals surface area contributed by atoms with E-state index < -0.39 is 12.1 Å². The molecular weight excluding hydrogens is 354 g/mol. The van der Waals surface area contributed by atoms with Crippen LogP contribution in [0.1, 0.15) is 24.8 Å². The van der Waals surface area contributed by atoms with Gasteiger partial charge in [0.1, 0.15) is 11.8 Å². The summed E-state index contributed by atoms with van der Waals surface area (Å²) in [5, 5.41) is 22.2. The Kier molecular flexibility index (Phi) is 6.17. The minimum absolute atomic E-state index is 0.181. The van der Waals surface area contributed by atoms with Crippen molar-refractivity contribution in [3.05, 3.63) is 54.1 Å². The number of rotatable bonds is 6. The van der Waals surface area contributed by atoms with Crippen molar-refractivity contribution in [3.63, 3.8) is 0 Å². The first-order valence-electron chi connectivity index (χ1n) is 9.45. The highest BCUT2D eigenvalue weighted by Gasteiger charge is 2.51. The van der Waals surface area contributed by atoms with E-state index in [2.05, 4.69) is 11.4 Å². The van der Waals surface area contributed by atoms with E-state index in [1.165, 1.54) is 4.90 Å². The summed E-state index contributed by atoms with van der Waals surface area (Å²) in [6, 6.07) is 16.7. The molecule has 1 aliphatic heterocycles. The molecule has 3 atom stereocenters. The molecule has 0 aromatic heterocycles. The highest BCUT2D eigenvalue weighted by atomic mass is 16.5. The normalized spacial score (nSPS) is 20.8. The number of hydrogen-bond donors (Lipinski definition) is 2. The van der Waals surface area contributed by atoms with Crippen molar-refractivity contribution in [2.24, 2.45) is 0 Å². The number of carbonyl (C=O) groups excluding carboxylic acids is 1. The second-order valence-corrected chi connectivity index (χ2v) is 6.84. The van der Waals surface area contributed by atoms with Crippen LogP contribution in [0, 0.1) is 11.3 Å². The number of nitrogens with one attached hydrogen (secondary N) is 1. The molecule has 28 heavy (non-hydrogen) atoms. The molecular formula is C22H25N3O3. The van der Waals surface area contributed by atoms with Gasteiger partial charge in [0.2, 0.25) is 0 Å². The Hall–Kier alpha value is -3.04. The second-order valence-electron chi connectivity index (χ2n) is 6.84. The maximum Gasteiger partial charge on any atom is 0.318 e. The first-order valence-corrected chi connectivity index (χ1v) is 9.45. The zero-order valence-electron chi connectivity index (χ0n) is 16.1. The number of hydrogen-bond acceptors (Lipinski definition) is 4. The van der Waals surface area contributed by atoms with Crippen molar-refractivity contribution < 1.29 is 14.6 Å². The fraction of sp³-hybridized carbons (Fsp3) is 0.364. The van der Waals surface area contributed by atoms with Crippen molar-refractivity contribution in [2.75, 3.05) is 20.3 Å². The molecule has 2 amide bonds. The Morgan fingerprint density at radius 2 is 2.00 bits per heavy atom. The molecule has 2 aromatic carbocycles. The van der Waals surface area contributed by atoms with E-state index in [4.69, 9.17) is 4.74 Å². The second kappa shape index (κ2) is 8.77. The van der Waals surface area contributed by atoms with Gasteiger partial charge in [0.25, 0.3) is 0 Å². The largest absolute Gasteiger partial charge is 0.497 e. The third-order valence-electron chi connectivity index (χ3n) is 5.19. The van der Waals surface area contributed by atoms with Crippen molar-refractivity contribution in [2.45, 2.75) is 31.3 Å². The predicted octanol–water partition coefficient (Wildman–Crippen LogP) is 3.13. The molecule has 0 aliphatic carbocycles. The molecule has 0 unspecified atom stereocenters. The van der Waals surface area contributed by atoms with Crippen LogP contribution in [0.3, 0.4) is 0 Å². The van der Waals surface area contributed by atoms with E-state index in [9.17, 15) is 15.2 Å². The van der Waals surface area contributed by atoms with Crippen LogP contribution in [0.15, 0.2) is 48.5 Å². The van der Waals surface area contributed by atoms with Gasteiger partial charge in [-0.15, -0.1) is 0 Å². The molecule has 0 radical (unpaired) electrons. The number of nitrogens with zero attached hydrogens (tertiary/aromatic N) is 2. The third kappa shape index (κ3) is 3.67. The molecule has 6 nitrogen and oxygen atoms in total. The zero-order valence-corrected chi connectivity index (χ0v) is 16.1. The molecule has 1 fully saturated rings. The standard InChI is InChI=1S/C22H25N3O3/c1-3-11-24-22(27)25-19(13-23)21(20(25)14-26)16-9-7-15(8-10-16)17-5-4-6-18(12-17)28-2/h4-10,12,19-21,26H,3,11,14H2,1-2H3,(H,24,27)/t19-,20+,21+/m0/s1. The van der Waals surface area contributed by atoms with Crippen molar-refractivity contribution >= 4 is 6.03 Å². The molecule has 1 heterocycles. The number of urea groups is 1. The number of nitriles is 1. The van der Waals surface area contributed by atoms with Crippen LogP contribution in [0.2, 0.25) is 0 Å². The first-order chi connectivity index (χ1) is 13.6. The van der Waals surface area contributed by atoms with E-state index >= 15 is 0 Å². The average molecular weight is 379 g/mol. The van der Waals surface area contributed by atoms with Crippen LogP contribution in [0.5, 0.6) is 5.75 Å². The molecule has 1 aliphatic rings. The van der Waals surface area contributed by atoms with E-state index in [0.29, 0.717) is 6.54 Å². The van der Waals surface area contributed by atoms with Gasteiger partial charge in [0, 0.05) is 12.5 Å². The summed E-state index contributed by atoms with van der Waals surface area (Å²) in [6.45, 7) is 2.33. The number of methoxy groups -OCH3 is 1. The molecule has 0 saturated carbocycles. The Morgan fingerprint density at radius 1 is 1.25 bits per heavy atom. The van der Waals surface area contributed by atoms with Crippen LogP contribution in [-0.4, -0.2) is 48.4 Å². The van der Waals surface area contributed by atoms with E-state index in [0.717, 1.165) is 28.9 Å². The molecule has 2 N–H and O–H groups in total. The van der Waals surface area contributed by atoms with Crippen molar-refractivity contribution in [3.8, 4) is 22.9 Å². The molecule has 0 spiro atoms. The van der Waals surface area contributed by atoms with Gasteiger partial charge in [-0.25, -0.2) is 4.79 Å². The van der Waals surface area contributed by atoms with Gasteiger partial charge in [0.05, 0.1) is 25.8 Å². The van der Waals surface area contributed by atoms with Gasteiger partial charge in [-0.2, -0.15) is 5.26 Å². The lowest BCUT2D eigenvalue weighted by atomic mass is 9.76. The van der Waals surface area contributed by atoms with Crippen LogP contribution < -0.4 is 10.1 Å². The maximum atomic E-state index is 12.3. The first kappa shape index (κ1) is 19.7. The lowest BCUT2D eigenvalue weighted by Gasteiger charge is -2.51. The quantitative estimate of drug-likeness (QED) is 0.807. The lowest BCUT2D eigenvalue weighted by molar-refractivity contribution is 0.0169. The van der Waals surface area contributed by atoms with E-state index in [1.54, 1.807) is 7.11 Å². The fourth-order valence-corrected chi connectivity index (χ4v) is 3.71. The number of benzene rings is 2. The molecule has 3 rings (SSSR count). The SMILES string of the molecule is CCCNC(=O)N1[C@H](CO)[C@H](c2ccc(-c3cccc(OC)c3)cc2)[C@@H]1C#N. The van der Waals surface area contributed by atoms with Crippen LogP contribution in [0.25, 0.3) is 11.1 Å². The smallest absolute Gasteiger partial charge is 0.318 e. The van der Waals surface area contributed by atoms with Gasteiger partial charge in [0.15, 0.2) is 0 Å². The summed E-state index contributed by atoms with van der Waals surface area (Å²) in [7, 11) is 1.64. The van der Waals surface area contributed by atoms with E-state index in [-0.39, 0.29) is 18.6 Å². The number of aliphatic hydroxyl groups excluding tert-OH is 1. The van der Waals surface area contributed by atoms with Gasteiger partial charge in [-0.3, -0.25) is 0 Å². The summed E-state index contributed by atoms with van der Waals surface area (Å²) in [5.41, 5.74) is 3.01. The van der Waals surface area contributed by atoms with Gasteiger partial charge < -0.3 is 20.1 Å². The number of likely N-dealkylation sites (tertiary alicyclic amines) is 1. The molecule has 146 valence electrons. The molecule has 6 heteroatoms. The van der Waals surface area contributed by atoms with Gasteiger partial charge in [-0.05, 0) is 35.2 Å². The maximum absolute atomic E-state index is 12.3. The van der Waals surface area contributed by atoms with Gasteiger partial charge in [-0.1, -0.05) is 43.3 Å². The number of amides is 2.